The van der Waals surface area contributed by atoms with Crippen LogP contribution in [0.15, 0.2) is 0 Å². The predicted octanol–water partition coefficient (Wildman–Crippen LogP) is 0.148. The van der Waals surface area contributed by atoms with Crippen LogP contribution in [0.3, 0.4) is 0 Å². The Morgan fingerprint density at radius 1 is 0.593 bits per heavy atom. The van der Waals surface area contributed by atoms with Crippen molar-refractivity contribution in [3.63, 3.8) is 0 Å². The second-order valence-electron chi connectivity index (χ2n) is 5.70. The molecule has 0 N–H and O–H groups in total. The summed E-state index contributed by atoms with van der Waals surface area (Å²) in [4.78, 5) is 0. The highest BCUT2D eigenvalue weighted by Crippen LogP contribution is 1.97. The van der Waals surface area contributed by atoms with E-state index in [4.69, 9.17) is 42.6 Å². The maximum absolute atomic E-state index is 5.77. The van der Waals surface area contributed by atoms with E-state index in [2.05, 4.69) is 0 Å². The van der Waals surface area contributed by atoms with Gasteiger partial charge in [0, 0.05) is 7.11 Å². The Labute approximate surface area is 162 Å². The molecule has 1 heterocycles. The molecule has 0 spiro atoms. The number of ether oxygens (including phenoxy) is 9. The maximum Gasteiger partial charge on any atom is 0.104 e. The van der Waals surface area contributed by atoms with Crippen LogP contribution in [0.5, 0.6) is 0 Å². The zero-order chi connectivity index (χ0) is 19.3. The molecule has 1 atom stereocenters. The monoisotopic (exact) mass is 396 g/mol. The molecule has 0 radical (unpaired) electrons. The molecule has 162 valence electrons. The van der Waals surface area contributed by atoms with E-state index >= 15 is 0 Å². The largest absolute Gasteiger partial charge is 0.382 e. The van der Waals surface area contributed by atoms with Crippen molar-refractivity contribution in [1.29, 1.82) is 0 Å². The van der Waals surface area contributed by atoms with Gasteiger partial charge in [-0.05, 0) is 0 Å². The van der Waals surface area contributed by atoms with Crippen LogP contribution < -0.4 is 0 Å². The summed E-state index contributed by atoms with van der Waals surface area (Å²) in [5, 5.41) is 0. The molecule has 0 bridgehead atoms. The van der Waals surface area contributed by atoms with Crippen molar-refractivity contribution in [2.24, 2.45) is 0 Å². The third kappa shape index (κ3) is 17.5. The van der Waals surface area contributed by atoms with E-state index in [9.17, 15) is 0 Å². The summed E-state index contributed by atoms with van der Waals surface area (Å²) in [5.74, 6) is 0. The maximum atomic E-state index is 5.77. The summed E-state index contributed by atoms with van der Waals surface area (Å²) in [6, 6.07) is 0. The average molecular weight is 396 g/mol. The summed E-state index contributed by atoms with van der Waals surface area (Å²) in [5.41, 5.74) is 0. The molecule has 27 heavy (non-hydrogen) atoms. The lowest BCUT2D eigenvalue weighted by Crippen LogP contribution is -2.28. The Balaban J connectivity index is 2.04. The van der Waals surface area contributed by atoms with Crippen molar-refractivity contribution in [2.75, 3.05) is 113 Å². The lowest BCUT2D eigenvalue weighted by molar-refractivity contribution is -0.0835. The molecule has 1 aliphatic rings. The lowest BCUT2D eigenvalue weighted by Gasteiger charge is -2.18. The van der Waals surface area contributed by atoms with E-state index in [0.717, 1.165) is 0 Å². The molecule has 0 saturated carbocycles. The third-order valence-corrected chi connectivity index (χ3v) is 3.48. The van der Waals surface area contributed by atoms with Crippen LogP contribution >= 0.6 is 0 Å². The molecule has 0 aliphatic carbocycles. The highest BCUT2D eigenvalue weighted by molar-refractivity contribution is 4.56. The summed E-state index contributed by atoms with van der Waals surface area (Å²) in [7, 11) is 1.65. The molecule has 0 aromatic rings. The molecular formula is C18H36O9. The van der Waals surface area contributed by atoms with Crippen LogP contribution in [0.4, 0.5) is 0 Å². The van der Waals surface area contributed by atoms with Crippen molar-refractivity contribution >= 4 is 0 Å². The average Bonchev–Trinajstić information content (AvgIpc) is 2.69. The van der Waals surface area contributed by atoms with Gasteiger partial charge in [-0.25, -0.2) is 0 Å². The lowest BCUT2D eigenvalue weighted by atomic mass is 10.4. The Morgan fingerprint density at radius 2 is 1.07 bits per heavy atom. The van der Waals surface area contributed by atoms with Gasteiger partial charge in [-0.2, -0.15) is 0 Å². The highest BCUT2D eigenvalue weighted by Gasteiger charge is 2.10. The van der Waals surface area contributed by atoms with Gasteiger partial charge in [0.1, 0.15) is 6.10 Å². The van der Waals surface area contributed by atoms with Crippen molar-refractivity contribution in [1.82, 2.24) is 0 Å². The predicted molar refractivity (Wildman–Crippen MR) is 97.3 cm³/mol. The van der Waals surface area contributed by atoms with Crippen LogP contribution in [0.25, 0.3) is 0 Å². The standard InChI is InChI=1S/C18H36O9/c1-19-2-3-20-4-5-22-10-12-25-16-18-17-26-13-11-23-7-6-21-8-9-24-14-15-27-18/h18H,2-17H2,1H3. The molecular weight excluding hydrogens is 360 g/mol. The third-order valence-electron chi connectivity index (χ3n) is 3.48. The number of methoxy groups -OCH3 is 1. The van der Waals surface area contributed by atoms with Gasteiger partial charge in [-0.1, -0.05) is 0 Å². The van der Waals surface area contributed by atoms with Crippen LogP contribution in [-0.4, -0.2) is 119 Å². The molecule has 9 heteroatoms. The Kier molecular flexibility index (Phi) is 18.6. The van der Waals surface area contributed by atoms with Crippen molar-refractivity contribution in [3.05, 3.63) is 0 Å². The normalized spacial score (nSPS) is 21.4. The van der Waals surface area contributed by atoms with Crippen LogP contribution in [0, 0.1) is 0 Å². The zero-order valence-electron chi connectivity index (χ0n) is 16.6. The first-order valence-electron chi connectivity index (χ1n) is 9.58. The van der Waals surface area contributed by atoms with Gasteiger partial charge in [0.05, 0.1) is 106 Å². The molecule has 1 saturated heterocycles. The minimum absolute atomic E-state index is 0.146. The molecule has 1 rings (SSSR count). The molecule has 9 nitrogen and oxygen atoms in total. The number of hydrogen-bond donors (Lipinski definition) is 0. The van der Waals surface area contributed by atoms with E-state index < -0.39 is 0 Å². The van der Waals surface area contributed by atoms with Gasteiger partial charge in [-0.15, -0.1) is 0 Å². The molecule has 0 amide bonds. The Hall–Kier alpha value is -0.360. The number of rotatable bonds is 11. The second kappa shape index (κ2) is 20.4. The highest BCUT2D eigenvalue weighted by atomic mass is 16.6. The van der Waals surface area contributed by atoms with E-state index in [1.165, 1.54) is 0 Å². The fraction of sp³-hybridized carbons (Fsp3) is 1.00. The Bertz CT molecular complexity index is 278. The zero-order valence-corrected chi connectivity index (χ0v) is 16.6. The summed E-state index contributed by atoms with van der Waals surface area (Å²) in [6.07, 6.45) is -0.146. The van der Waals surface area contributed by atoms with Crippen molar-refractivity contribution in [2.45, 2.75) is 6.10 Å². The van der Waals surface area contributed by atoms with Gasteiger partial charge in [-0.3, -0.25) is 0 Å². The molecule has 1 unspecified atom stereocenters. The Morgan fingerprint density at radius 3 is 1.67 bits per heavy atom. The first-order valence-corrected chi connectivity index (χ1v) is 9.58. The molecule has 0 aromatic heterocycles. The second-order valence-corrected chi connectivity index (χ2v) is 5.70. The number of hydrogen-bond acceptors (Lipinski definition) is 9. The van der Waals surface area contributed by atoms with Gasteiger partial charge in [0.25, 0.3) is 0 Å². The quantitative estimate of drug-likeness (QED) is 0.453. The van der Waals surface area contributed by atoms with E-state index in [0.29, 0.717) is 106 Å². The molecule has 1 fully saturated rings. The molecule has 0 aromatic carbocycles. The fourth-order valence-electron chi connectivity index (χ4n) is 2.09. The van der Waals surface area contributed by atoms with Gasteiger partial charge in [0.2, 0.25) is 0 Å². The SMILES string of the molecule is COCCOCCOCCOCC1COCCOCCOCCOCCO1. The topological polar surface area (TPSA) is 83.1 Å². The first-order chi connectivity index (χ1) is 13.4. The van der Waals surface area contributed by atoms with E-state index in [1.807, 2.05) is 0 Å². The van der Waals surface area contributed by atoms with Gasteiger partial charge in [0.15, 0.2) is 0 Å². The smallest absolute Gasteiger partial charge is 0.104 e. The van der Waals surface area contributed by atoms with Crippen molar-refractivity contribution < 1.29 is 42.6 Å². The minimum atomic E-state index is -0.146. The minimum Gasteiger partial charge on any atom is -0.382 e. The summed E-state index contributed by atoms with van der Waals surface area (Å²) >= 11 is 0. The van der Waals surface area contributed by atoms with Crippen LogP contribution in [0.2, 0.25) is 0 Å². The van der Waals surface area contributed by atoms with Crippen LogP contribution in [-0.2, 0) is 42.6 Å². The van der Waals surface area contributed by atoms with Crippen molar-refractivity contribution in [3.8, 4) is 0 Å². The summed E-state index contributed by atoms with van der Waals surface area (Å²) < 4.78 is 48.9. The van der Waals surface area contributed by atoms with Crippen LogP contribution in [0.1, 0.15) is 0 Å². The van der Waals surface area contributed by atoms with E-state index in [1.54, 1.807) is 7.11 Å². The molecule has 1 aliphatic heterocycles. The van der Waals surface area contributed by atoms with Gasteiger partial charge < -0.3 is 42.6 Å². The fourth-order valence-corrected chi connectivity index (χ4v) is 2.09. The van der Waals surface area contributed by atoms with Gasteiger partial charge >= 0.3 is 0 Å². The summed E-state index contributed by atoms with van der Waals surface area (Å²) in [6.45, 7) is 8.46. The first kappa shape index (κ1) is 24.7. The van der Waals surface area contributed by atoms with E-state index in [-0.39, 0.29) is 6.10 Å².